The number of hydrogen-bond donors (Lipinski definition) is 2. The van der Waals surface area contributed by atoms with Crippen molar-refractivity contribution in [2.45, 2.75) is 0 Å². The molecular weight excluding hydrogens is 515 g/mol. The Morgan fingerprint density at radius 2 is 1.86 bits per heavy atom. The van der Waals surface area contributed by atoms with Crippen LogP contribution in [0.2, 0.25) is 10.0 Å². The first-order valence-corrected chi connectivity index (χ1v) is 11.5. The highest BCUT2D eigenvalue weighted by Crippen LogP contribution is 2.42. The summed E-state index contributed by atoms with van der Waals surface area (Å²) >= 11 is 13.9. The average Bonchev–Trinajstić information content (AvgIpc) is 3.41. The molecule has 13 heteroatoms. The maximum atomic E-state index is 13.4. The third kappa shape index (κ3) is 4.78. The fourth-order valence-corrected chi connectivity index (χ4v) is 4.80. The molecule has 180 valence electrons. The SMILES string of the molecule is C=CC(=O)Nc1cn(C)nc1Nc1ncc2cc(C(=O)c3c(Cl)c(OC)cc(OC)c3Cl)sc2n1. The van der Waals surface area contributed by atoms with Crippen LogP contribution in [-0.4, -0.2) is 45.7 Å². The van der Waals surface area contributed by atoms with Crippen molar-refractivity contribution in [2.75, 3.05) is 24.9 Å². The highest BCUT2D eigenvalue weighted by atomic mass is 35.5. The van der Waals surface area contributed by atoms with Crippen LogP contribution >= 0.6 is 34.5 Å². The molecule has 0 atom stereocenters. The van der Waals surface area contributed by atoms with Crippen LogP contribution in [0.1, 0.15) is 15.2 Å². The number of amides is 1. The lowest BCUT2D eigenvalue weighted by Crippen LogP contribution is -2.08. The van der Waals surface area contributed by atoms with Crippen molar-refractivity contribution >= 4 is 73.9 Å². The summed E-state index contributed by atoms with van der Waals surface area (Å²) < 4.78 is 12.0. The first-order valence-electron chi connectivity index (χ1n) is 9.91. The van der Waals surface area contributed by atoms with Crippen LogP contribution in [-0.2, 0) is 11.8 Å². The summed E-state index contributed by atoms with van der Waals surface area (Å²) in [4.78, 5) is 34.7. The van der Waals surface area contributed by atoms with Gasteiger partial charge >= 0.3 is 0 Å². The molecule has 0 fully saturated rings. The van der Waals surface area contributed by atoms with Crippen molar-refractivity contribution in [3.05, 3.63) is 57.7 Å². The number of nitrogens with one attached hydrogen (secondary N) is 2. The molecule has 4 rings (SSSR count). The van der Waals surface area contributed by atoms with Crippen LogP contribution in [0.5, 0.6) is 11.5 Å². The van der Waals surface area contributed by atoms with Gasteiger partial charge < -0.3 is 20.1 Å². The Hall–Kier alpha value is -3.67. The van der Waals surface area contributed by atoms with Crippen molar-refractivity contribution in [1.82, 2.24) is 19.7 Å². The minimum Gasteiger partial charge on any atom is -0.495 e. The lowest BCUT2D eigenvalue weighted by atomic mass is 10.1. The highest BCUT2D eigenvalue weighted by Gasteiger charge is 2.25. The van der Waals surface area contributed by atoms with Gasteiger partial charge in [0, 0.05) is 24.7 Å². The molecule has 2 N–H and O–H groups in total. The Balaban J connectivity index is 1.68. The molecule has 0 aliphatic rings. The van der Waals surface area contributed by atoms with Crippen LogP contribution in [0.4, 0.5) is 17.5 Å². The van der Waals surface area contributed by atoms with Crippen LogP contribution < -0.4 is 20.1 Å². The number of methoxy groups -OCH3 is 2. The van der Waals surface area contributed by atoms with E-state index in [1.54, 1.807) is 25.5 Å². The van der Waals surface area contributed by atoms with Gasteiger partial charge in [-0.05, 0) is 12.1 Å². The van der Waals surface area contributed by atoms with Gasteiger partial charge in [0.15, 0.2) is 5.82 Å². The lowest BCUT2D eigenvalue weighted by molar-refractivity contribution is -0.111. The second kappa shape index (κ2) is 9.90. The van der Waals surface area contributed by atoms with Gasteiger partial charge in [-0.3, -0.25) is 14.3 Å². The van der Waals surface area contributed by atoms with E-state index in [4.69, 9.17) is 32.7 Å². The van der Waals surface area contributed by atoms with Crippen molar-refractivity contribution < 1.29 is 19.1 Å². The normalized spacial score (nSPS) is 10.8. The van der Waals surface area contributed by atoms with Gasteiger partial charge in [0.2, 0.25) is 17.6 Å². The van der Waals surface area contributed by atoms with Crippen molar-refractivity contribution in [3.63, 3.8) is 0 Å². The third-order valence-corrected chi connectivity index (χ3v) is 6.59. The van der Waals surface area contributed by atoms with E-state index >= 15 is 0 Å². The van der Waals surface area contributed by atoms with E-state index in [9.17, 15) is 9.59 Å². The number of rotatable bonds is 8. The van der Waals surface area contributed by atoms with E-state index in [-0.39, 0.29) is 39.0 Å². The summed E-state index contributed by atoms with van der Waals surface area (Å²) in [5.41, 5.74) is 0.498. The van der Waals surface area contributed by atoms with Crippen LogP contribution in [0, 0.1) is 0 Å². The quantitative estimate of drug-likeness (QED) is 0.244. The maximum absolute atomic E-state index is 13.4. The molecule has 0 saturated carbocycles. The highest BCUT2D eigenvalue weighted by molar-refractivity contribution is 7.20. The standard InChI is InChI=1S/C22H18Cl2N6O4S/c1-5-15(31)26-11-9-30(2)29-20(11)27-22-25-8-10-6-14(35-21(10)28-22)19(32)16-17(23)12(33-3)7-13(34-4)18(16)24/h5-9H,1H2,2-4H3,(H,26,31)(H,25,27,28,29). The molecule has 1 aromatic carbocycles. The largest absolute Gasteiger partial charge is 0.495 e. The van der Waals surface area contributed by atoms with Crippen molar-refractivity contribution in [1.29, 1.82) is 0 Å². The number of benzene rings is 1. The van der Waals surface area contributed by atoms with Crippen LogP contribution in [0.15, 0.2) is 37.2 Å². The zero-order valence-corrected chi connectivity index (χ0v) is 21.0. The van der Waals surface area contributed by atoms with Gasteiger partial charge in [0.1, 0.15) is 22.0 Å². The van der Waals surface area contributed by atoms with E-state index in [1.807, 2.05) is 0 Å². The molecular formula is C22H18Cl2N6O4S. The number of ketones is 1. The molecule has 35 heavy (non-hydrogen) atoms. The van der Waals surface area contributed by atoms with E-state index in [0.717, 1.165) is 17.4 Å². The van der Waals surface area contributed by atoms with Crippen LogP contribution in [0.25, 0.3) is 10.2 Å². The Kier molecular flexibility index (Phi) is 6.92. The molecule has 0 bridgehead atoms. The second-order valence-electron chi connectivity index (χ2n) is 7.06. The van der Waals surface area contributed by atoms with Crippen LogP contribution in [0.3, 0.4) is 0 Å². The molecule has 10 nitrogen and oxygen atoms in total. The number of halogens is 2. The first kappa shape index (κ1) is 24.5. The molecule has 3 aromatic heterocycles. The monoisotopic (exact) mass is 532 g/mol. The second-order valence-corrected chi connectivity index (χ2v) is 8.85. The summed E-state index contributed by atoms with van der Waals surface area (Å²) in [5.74, 6) is 0.304. The Morgan fingerprint density at radius 3 is 2.49 bits per heavy atom. The van der Waals surface area contributed by atoms with Gasteiger partial charge in [0.05, 0.1) is 40.9 Å². The summed E-state index contributed by atoms with van der Waals surface area (Å²) in [6, 6.07) is 3.17. The van der Waals surface area contributed by atoms with Crippen molar-refractivity contribution in [2.24, 2.45) is 7.05 Å². The van der Waals surface area contributed by atoms with E-state index in [0.29, 0.717) is 26.6 Å². The van der Waals surface area contributed by atoms with Gasteiger partial charge in [0.25, 0.3) is 0 Å². The fraction of sp³-hybridized carbons (Fsp3) is 0.136. The number of ether oxygens (including phenoxy) is 2. The number of aryl methyl sites for hydroxylation is 1. The maximum Gasteiger partial charge on any atom is 0.247 e. The van der Waals surface area contributed by atoms with E-state index < -0.39 is 5.78 Å². The number of carbonyl (C=O) groups is 2. The first-order chi connectivity index (χ1) is 16.7. The number of aromatic nitrogens is 4. The van der Waals surface area contributed by atoms with Crippen molar-refractivity contribution in [3.8, 4) is 11.5 Å². The van der Waals surface area contributed by atoms with Gasteiger partial charge in [-0.1, -0.05) is 29.8 Å². The number of hydrogen-bond acceptors (Lipinski definition) is 9. The Bertz CT molecular complexity index is 1450. The topological polar surface area (TPSA) is 120 Å². The number of fused-ring (bicyclic) bond motifs is 1. The minimum absolute atomic E-state index is 0.0680. The molecule has 4 aromatic rings. The molecule has 0 saturated heterocycles. The fourth-order valence-electron chi connectivity index (χ4n) is 3.17. The number of nitrogens with zero attached hydrogens (tertiary/aromatic N) is 4. The Labute approximate surface area is 213 Å². The predicted molar refractivity (Wildman–Crippen MR) is 136 cm³/mol. The molecule has 0 unspecified atom stereocenters. The average molecular weight is 533 g/mol. The molecule has 0 aliphatic heterocycles. The minimum atomic E-state index is -0.408. The number of anilines is 3. The molecule has 0 spiro atoms. The Morgan fingerprint density at radius 1 is 1.17 bits per heavy atom. The summed E-state index contributed by atoms with van der Waals surface area (Å²) in [6.07, 6.45) is 4.35. The van der Waals surface area contributed by atoms with Gasteiger partial charge in [-0.15, -0.1) is 11.3 Å². The molecule has 3 heterocycles. The predicted octanol–water partition coefficient (Wildman–Crippen LogP) is 4.85. The molecule has 0 radical (unpaired) electrons. The zero-order valence-electron chi connectivity index (χ0n) is 18.7. The summed E-state index contributed by atoms with van der Waals surface area (Å²) in [6.45, 7) is 3.44. The zero-order chi connectivity index (χ0) is 25.3. The summed E-state index contributed by atoms with van der Waals surface area (Å²) in [7, 11) is 4.57. The third-order valence-electron chi connectivity index (χ3n) is 4.80. The smallest absolute Gasteiger partial charge is 0.247 e. The lowest BCUT2D eigenvalue weighted by Gasteiger charge is -2.13. The molecule has 1 amide bonds. The number of thiophene rings is 1. The van der Waals surface area contributed by atoms with E-state index in [2.05, 4.69) is 32.3 Å². The van der Waals surface area contributed by atoms with Gasteiger partial charge in [-0.25, -0.2) is 9.97 Å². The van der Waals surface area contributed by atoms with E-state index in [1.165, 1.54) is 25.0 Å². The summed E-state index contributed by atoms with van der Waals surface area (Å²) in [5, 5.41) is 10.7. The number of carbonyl (C=O) groups excluding carboxylic acids is 2. The van der Waals surface area contributed by atoms with Gasteiger partial charge in [-0.2, -0.15) is 5.10 Å². The molecule has 0 aliphatic carbocycles.